The minimum atomic E-state index is -0.443. The van der Waals surface area contributed by atoms with E-state index in [1.165, 1.54) is 5.56 Å². The standard InChI is InChI=1S/C26H22BrIN2O2/c1-16-4-7-19(8-5-16)15-32-25-23(27)12-20(13-24(25)28)11-21(14-29)26(31)30-22-9-6-17(2)18(3)10-22/h4-13H,15H2,1-3H3,(H,30,31)/b21-11+. The monoisotopic (exact) mass is 600 g/mol. The van der Waals surface area contributed by atoms with Crippen LogP contribution in [0.4, 0.5) is 5.69 Å². The van der Waals surface area contributed by atoms with Gasteiger partial charge in [-0.2, -0.15) is 5.26 Å². The molecule has 0 unspecified atom stereocenters. The molecule has 3 rings (SSSR count). The van der Waals surface area contributed by atoms with E-state index in [9.17, 15) is 10.1 Å². The van der Waals surface area contributed by atoms with Gasteiger partial charge in [-0.05, 0) is 112 Å². The molecule has 0 aliphatic carbocycles. The summed E-state index contributed by atoms with van der Waals surface area (Å²) in [5.41, 5.74) is 5.92. The van der Waals surface area contributed by atoms with Gasteiger partial charge in [-0.15, -0.1) is 0 Å². The van der Waals surface area contributed by atoms with Crippen LogP contribution < -0.4 is 10.1 Å². The van der Waals surface area contributed by atoms with Gasteiger partial charge in [0.2, 0.25) is 0 Å². The van der Waals surface area contributed by atoms with Crippen molar-refractivity contribution in [3.05, 3.63) is 96.0 Å². The largest absolute Gasteiger partial charge is 0.487 e. The molecule has 1 amide bonds. The Morgan fingerprint density at radius 1 is 1.09 bits per heavy atom. The van der Waals surface area contributed by atoms with Crippen LogP contribution in [-0.2, 0) is 11.4 Å². The lowest BCUT2D eigenvalue weighted by Crippen LogP contribution is -2.13. The molecule has 0 spiro atoms. The van der Waals surface area contributed by atoms with E-state index in [-0.39, 0.29) is 5.57 Å². The number of halogens is 2. The molecular formula is C26H22BrIN2O2. The second-order valence-corrected chi connectivity index (χ2v) is 9.53. The molecule has 0 atom stereocenters. The number of benzene rings is 3. The second kappa shape index (κ2) is 10.8. The highest BCUT2D eigenvalue weighted by molar-refractivity contribution is 14.1. The summed E-state index contributed by atoms with van der Waals surface area (Å²) in [5, 5.41) is 12.3. The van der Waals surface area contributed by atoms with E-state index >= 15 is 0 Å². The molecule has 4 nitrogen and oxygen atoms in total. The number of hydrogen-bond donors (Lipinski definition) is 1. The zero-order valence-electron chi connectivity index (χ0n) is 18.0. The first-order valence-electron chi connectivity index (χ1n) is 9.94. The summed E-state index contributed by atoms with van der Waals surface area (Å²) < 4.78 is 7.64. The third kappa shape index (κ3) is 6.21. The molecule has 1 N–H and O–H groups in total. The number of amides is 1. The van der Waals surface area contributed by atoms with Crippen LogP contribution in [0.15, 0.2) is 64.6 Å². The predicted octanol–water partition coefficient (Wildman–Crippen LogP) is 7.10. The molecule has 0 bridgehead atoms. The van der Waals surface area contributed by atoms with Crippen LogP contribution in [0.1, 0.15) is 27.8 Å². The Kier molecular flexibility index (Phi) is 8.10. The lowest BCUT2D eigenvalue weighted by atomic mass is 10.1. The molecule has 0 aliphatic rings. The minimum absolute atomic E-state index is 0.0271. The molecule has 0 fully saturated rings. The van der Waals surface area contributed by atoms with Gasteiger partial charge in [-0.1, -0.05) is 35.9 Å². The first kappa shape index (κ1) is 24.0. The Morgan fingerprint density at radius 3 is 2.44 bits per heavy atom. The first-order valence-corrected chi connectivity index (χ1v) is 11.8. The van der Waals surface area contributed by atoms with Crippen molar-refractivity contribution < 1.29 is 9.53 Å². The summed E-state index contributed by atoms with van der Waals surface area (Å²) >= 11 is 5.75. The number of nitrogens with zero attached hydrogens (tertiary/aromatic N) is 1. The molecule has 162 valence electrons. The van der Waals surface area contributed by atoms with Crippen molar-refractivity contribution in [1.29, 1.82) is 5.26 Å². The SMILES string of the molecule is Cc1ccc(COc2c(Br)cc(/C=C(\C#N)C(=O)Nc3ccc(C)c(C)c3)cc2I)cc1. The zero-order chi connectivity index (χ0) is 23.3. The first-order chi connectivity index (χ1) is 15.3. The molecular weight excluding hydrogens is 579 g/mol. The molecule has 3 aromatic rings. The molecule has 0 aliphatic heterocycles. The maximum atomic E-state index is 12.6. The minimum Gasteiger partial charge on any atom is -0.487 e. The fraction of sp³-hybridized carbons (Fsp3) is 0.154. The number of rotatable bonds is 6. The maximum Gasteiger partial charge on any atom is 0.266 e. The Balaban J connectivity index is 1.77. The van der Waals surface area contributed by atoms with Crippen LogP contribution in [0.5, 0.6) is 5.75 Å². The fourth-order valence-electron chi connectivity index (χ4n) is 2.97. The van der Waals surface area contributed by atoms with Crippen LogP contribution in [0.3, 0.4) is 0 Å². The summed E-state index contributed by atoms with van der Waals surface area (Å²) in [4.78, 5) is 12.6. The smallest absolute Gasteiger partial charge is 0.266 e. The summed E-state index contributed by atoms with van der Waals surface area (Å²) in [6.45, 7) is 6.49. The van der Waals surface area contributed by atoms with Crippen LogP contribution in [0, 0.1) is 35.7 Å². The van der Waals surface area contributed by atoms with Crippen LogP contribution in [0.25, 0.3) is 6.08 Å². The van der Waals surface area contributed by atoms with Gasteiger partial charge in [0.25, 0.3) is 5.91 Å². The van der Waals surface area contributed by atoms with E-state index in [1.54, 1.807) is 6.08 Å². The van der Waals surface area contributed by atoms with Gasteiger partial charge in [-0.25, -0.2) is 0 Å². The average Bonchev–Trinajstić information content (AvgIpc) is 2.75. The maximum absolute atomic E-state index is 12.6. The van der Waals surface area contributed by atoms with E-state index in [1.807, 2.05) is 69.3 Å². The molecule has 32 heavy (non-hydrogen) atoms. The third-order valence-electron chi connectivity index (χ3n) is 4.97. The van der Waals surface area contributed by atoms with Crippen molar-refractivity contribution in [2.24, 2.45) is 0 Å². The molecule has 0 saturated carbocycles. The van der Waals surface area contributed by atoms with E-state index in [4.69, 9.17) is 4.74 Å². The fourth-order valence-corrected chi connectivity index (χ4v) is 4.74. The van der Waals surface area contributed by atoms with Crippen molar-refractivity contribution in [2.75, 3.05) is 5.32 Å². The highest BCUT2D eigenvalue weighted by Gasteiger charge is 2.13. The zero-order valence-corrected chi connectivity index (χ0v) is 21.7. The number of aryl methyl sites for hydroxylation is 3. The Labute approximate surface area is 210 Å². The van der Waals surface area contributed by atoms with Crippen LogP contribution in [-0.4, -0.2) is 5.91 Å². The van der Waals surface area contributed by atoms with Crippen molar-refractivity contribution in [1.82, 2.24) is 0 Å². The molecule has 6 heteroatoms. The topological polar surface area (TPSA) is 62.1 Å². The van der Waals surface area contributed by atoms with E-state index < -0.39 is 5.91 Å². The number of nitrogens with one attached hydrogen (secondary N) is 1. The average molecular weight is 601 g/mol. The van der Waals surface area contributed by atoms with Crippen LogP contribution in [0.2, 0.25) is 0 Å². The van der Waals surface area contributed by atoms with E-state index in [0.717, 1.165) is 36.0 Å². The number of carbonyl (C=O) groups excluding carboxylic acids is 1. The quantitative estimate of drug-likeness (QED) is 0.186. The summed E-state index contributed by atoms with van der Waals surface area (Å²) in [6, 6.07) is 19.6. The van der Waals surface area contributed by atoms with Crippen molar-refractivity contribution in [3.8, 4) is 11.8 Å². The summed E-state index contributed by atoms with van der Waals surface area (Å²) in [6.07, 6.45) is 1.58. The normalized spacial score (nSPS) is 11.1. The summed E-state index contributed by atoms with van der Waals surface area (Å²) in [5.74, 6) is 0.281. The summed E-state index contributed by atoms with van der Waals surface area (Å²) in [7, 11) is 0. The van der Waals surface area contributed by atoms with Gasteiger partial charge < -0.3 is 10.1 Å². The van der Waals surface area contributed by atoms with Gasteiger partial charge in [0.15, 0.2) is 0 Å². The molecule has 0 radical (unpaired) electrons. The Hall–Kier alpha value is -2.63. The van der Waals surface area contributed by atoms with Gasteiger partial charge >= 0.3 is 0 Å². The third-order valence-corrected chi connectivity index (χ3v) is 6.36. The highest BCUT2D eigenvalue weighted by Crippen LogP contribution is 2.33. The number of hydrogen-bond acceptors (Lipinski definition) is 3. The lowest BCUT2D eigenvalue weighted by molar-refractivity contribution is -0.112. The van der Waals surface area contributed by atoms with Crippen molar-refractivity contribution in [3.63, 3.8) is 0 Å². The highest BCUT2D eigenvalue weighted by atomic mass is 127. The Morgan fingerprint density at radius 2 is 1.81 bits per heavy atom. The number of carbonyl (C=O) groups is 1. The Bertz CT molecular complexity index is 1200. The molecule has 3 aromatic carbocycles. The van der Waals surface area contributed by atoms with Gasteiger partial charge in [0.1, 0.15) is 24.0 Å². The second-order valence-electron chi connectivity index (χ2n) is 7.51. The number of ether oxygens (including phenoxy) is 1. The lowest BCUT2D eigenvalue weighted by Gasteiger charge is -2.12. The molecule has 0 heterocycles. The van der Waals surface area contributed by atoms with E-state index in [2.05, 4.69) is 56.0 Å². The molecule has 0 saturated heterocycles. The van der Waals surface area contributed by atoms with Gasteiger partial charge in [0, 0.05) is 5.69 Å². The van der Waals surface area contributed by atoms with E-state index in [0.29, 0.717) is 12.3 Å². The van der Waals surface area contributed by atoms with Crippen molar-refractivity contribution in [2.45, 2.75) is 27.4 Å². The number of nitriles is 1. The van der Waals surface area contributed by atoms with Crippen molar-refractivity contribution >= 4 is 56.2 Å². The predicted molar refractivity (Wildman–Crippen MR) is 141 cm³/mol. The number of anilines is 1. The van der Waals surface area contributed by atoms with Gasteiger partial charge in [0.05, 0.1) is 8.04 Å². The van der Waals surface area contributed by atoms with Crippen LogP contribution >= 0.6 is 38.5 Å². The molecule has 0 aromatic heterocycles. The van der Waals surface area contributed by atoms with Gasteiger partial charge in [-0.3, -0.25) is 4.79 Å².